The van der Waals surface area contributed by atoms with Crippen LogP contribution in [0.4, 0.5) is 0 Å². The van der Waals surface area contributed by atoms with Crippen LogP contribution in [0.5, 0.6) is 0 Å². The maximum atomic E-state index is 5.86. The summed E-state index contributed by atoms with van der Waals surface area (Å²) in [4.78, 5) is 8.81. The third-order valence-electron chi connectivity index (χ3n) is 2.59. The fraction of sp³-hybridized carbons (Fsp3) is 0.286. The number of hydrogen-bond acceptors (Lipinski definition) is 3. The van der Waals surface area contributed by atoms with E-state index in [9.17, 15) is 0 Å². The van der Waals surface area contributed by atoms with Crippen LogP contribution >= 0.6 is 11.6 Å². The average Bonchev–Trinajstić information content (AvgIpc) is 2.40. The second kappa shape index (κ2) is 6.47. The van der Waals surface area contributed by atoms with Gasteiger partial charge < -0.3 is 5.32 Å². The molecule has 1 aromatic heterocycles. The summed E-state index contributed by atoms with van der Waals surface area (Å²) in [6.07, 6.45) is 2.54. The third-order valence-corrected chi connectivity index (χ3v) is 2.85. The summed E-state index contributed by atoms with van der Waals surface area (Å²) in [5.41, 5.74) is 2.19. The van der Waals surface area contributed by atoms with E-state index < -0.39 is 0 Å². The molecule has 0 saturated carbocycles. The SMILES string of the molecule is CCNCc1ccnc(Cc2ccc(Cl)cc2)n1. The van der Waals surface area contributed by atoms with Gasteiger partial charge >= 0.3 is 0 Å². The van der Waals surface area contributed by atoms with E-state index in [0.717, 1.165) is 36.1 Å². The Kier molecular flexibility index (Phi) is 4.67. The van der Waals surface area contributed by atoms with Gasteiger partial charge in [-0.1, -0.05) is 30.7 Å². The number of aromatic nitrogens is 2. The normalized spacial score (nSPS) is 10.6. The Labute approximate surface area is 112 Å². The molecule has 0 bridgehead atoms. The van der Waals surface area contributed by atoms with Crippen LogP contribution in [0.15, 0.2) is 36.5 Å². The van der Waals surface area contributed by atoms with Gasteiger partial charge in [0.2, 0.25) is 0 Å². The fourth-order valence-electron chi connectivity index (χ4n) is 1.66. The lowest BCUT2D eigenvalue weighted by Crippen LogP contribution is -2.13. The molecule has 0 saturated heterocycles. The Bertz CT molecular complexity index is 497. The molecule has 4 heteroatoms. The molecule has 0 unspecified atom stereocenters. The van der Waals surface area contributed by atoms with Crippen molar-refractivity contribution in [3.63, 3.8) is 0 Å². The summed E-state index contributed by atoms with van der Waals surface area (Å²) in [6, 6.07) is 9.72. The van der Waals surface area contributed by atoms with Gasteiger partial charge in [0, 0.05) is 24.2 Å². The number of nitrogens with zero attached hydrogens (tertiary/aromatic N) is 2. The Balaban J connectivity index is 2.06. The Morgan fingerprint density at radius 1 is 1.17 bits per heavy atom. The summed E-state index contributed by atoms with van der Waals surface area (Å²) in [5.74, 6) is 0.840. The molecule has 0 radical (unpaired) electrons. The van der Waals surface area contributed by atoms with Crippen LogP contribution in [-0.4, -0.2) is 16.5 Å². The van der Waals surface area contributed by atoms with E-state index in [1.807, 2.05) is 36.5 Å². The van der Waals surface area contributed by atoms with Crippen molar-refractivity contribution in [1.82, 2.24) is 15.3 Å². The predicted octanol–water partition coefficient (Wildman–Crippen LogP) is 2.83. The first-order chi connectivity index (χ1) is 8.78. The molecular formula is C14H16ClN3. The maximum absolute atomic E-state index is 5.86. The lowest BCUT2D eigenvalue weighted by atomic mass is 10.1. The zero-order valence-corrected chi connectivity index (χ0v) is 11.1. The molecule has 0 spiro atoms. The quantitative estimate of drug-likeness (QED) is 0.899. The molecule has 2 aromatic rings. The molecule has 0 aliphatic rings. The average molecular weight is 262 g/mol. The minimum absolute atomic E-state index is 0.733. The highest BCUT2D eigenvalue weighted by molar-refractivity contribution is 6.30. The summed E-state index contributed by atoms with van der Waals surface area (Å²) < 4.78 is 0. The first-order valence-electron chi connectivity index (χ1n) is 6.04. The van der Waals surface area contributed by atoms with E-state index in [4.69, 9.17) is 11.6 Å². The molecule has 1 heterocycles. The van der Waals surface area contributed by atoms with Crippen LogP contribution in [0, 0.1) is 0 Å². The van der Waals surface area contributed by atoms with Gasteiger partial charge in [0.05, 0.1) is 5.69 Å². The minimum Gasteiger partial charge on any atom is -0.311 e. The van der Waals surface area contributed by atoms with Crippen molar-refractivity contribution in [3.8, 4) is 0 Å². The van der Waals surface area contributed by atoms with Crippen LogP contribution in [0.25, 0.3) is 0 Å². The molecule has 1 N–H and O–H groups in total. The van der Waals surface area contributed by atoms with Crippen molar-refractivity contribution in [1.29, 1.82) is 0 Å². The molecular weight excluding hydrogens is 246 g/mol. The molecule has 0 fully saturated rings. The van der Waals surface area contributed by atoms with Gasteiger partial charge in [-0.15, -0.1) is 0 Å². The molecule has 2 rings (SSSR count). The zero-order chi connectivity index (χ0) is 12.8. The molecule has 0 atom stereocenters. The highest BCUT2D eigenvalue weighted by Crippen LogP contribution is 2.11. The van der Waals surface area contributed by atoms with Gasteiger partial charge in [-0.05, 0) is 30.3 Å². The van der Waals surface area contributed by atoms with Crippen molar-refractivity contribution in [3.05, 3.63) is 58.6 Å². The van der Waals surface area contributed by atoms with Crippen molar-refractivity contribution >= 4 is 11.6 Å². The summed E-state index contributed by atoms with van der Waals surface area (Å²) in [6.45, 7) is 3.80. The summed E-state index contributed by atoms with van der Waals surface area (Å²) >= 11 is 5.86. The van der Waals surface area contributed by atoms with E-state index in [1.165, 1.54) is 5.56 Å². The number of hydrogen-bond donors (Lipinski definition) is 1. The maximum Gasteiger partial charge on any atom is 0.132 e. The molecule has 3 nitrogen and oxygen atoms in total. The van der Waals surface area contributed by atoms with Gasteiger partial charge in [0.1, 0.15) is 5.82 Å². The lowest BCUT2D eigenvalue weighted by Gasteiger charge is -2.04. The number of halogens is 1. The molecule has 0 amide bonds. The Hall–Kier alpha value is -1.45. The summed E-state index contributed by atoms with van der Waals surface area (Å²) in [7, 11) is 0. The van der Waals surface area contributed by atoms with Crippen molar-refractivity contribution in [2.45, 2.75) is 19.9 Å². The van der Waals surface area contributed by atoms with Gasteiger partial charge in [0.25, 0.3) is 0 Å². The second-order valence-electron chi connectivity index (χ2n) is 4.05. The molecule has 0 aliphatic carbocycles. The van der Waals surface area contributed by atoms with Crippen molar-refractivity contribution < 1.29 is 0 Å². The van der Waals surface area contributed by atoms with Crippen molar-refractivity contribution in [2.24, 2.45) is 0 Å². The molecule has 18 heavy (non-hydrogen) atoms. The Morgan fingerprint density at radius 2 is 1.94 bits per heavy atom. The monoisotopic (exact) mass is 261 g/mol. The standard InChI is InChI=1S/C14H16ClN3/c1-2-16-10-13-7-8-17-14(18-13)9-11-3-5-12(15)6-4-11/h3-8,16H,2,9-10H2,1H3. The van der Waals surface area contributed by atoms with Gasteiger partial charge in [-0.25, -0.2) is 9.97 Å². The van der Waals surface area contributed by atoms with Gasteiger partial charge in [-0.2, -0.15) is 0 Å². The van der Waals surface area contributed by atoms with Gasteiger partial charge in [0.15, 0.2) is 0 Å². The highest BCUT2D eigenvalue weighted by Gasteiger charge is 2.01. The van der Waals surface area contributed by atoms with E-state index in [2.05, 4.69) is 22.2 Å². The second-order valence-corrected chi connectivity index (χ2v) is 4.48. The van der Waals surface area contributed by atoms with Crippen LogP contribution in [0.3, 0.4) is 0 Å². The topological polar surface area (TPSA) is 37.8 Å². The zero-order valence-electron chi connectivity index (χ0n) is 10.4. The van der Waals surface area contributed by atoms with E-state index in [1.54, 1.807) is 0 Å². The van der Waals surface area contributed by atoms with Crippen LogP contribution in [-0.2, 0) is 13.0 Å². The highest BCUT2D eigenvalue weighted by atomic mass is 35.5. The predicted molar refractivity (Wildman–Crippen MR) is 73.7 cm³/mol. The van der Waals surface area contributed by atoms with Crippen LogP contribution < -0.4 is 5.32 Å². The van der Waals surface area contributed by atoms with Gasteiger partial charge in [-0.3, -0.25) is 0 Å². The lowest BCUT2D eigenvalue weighted by molar-refractivity contribution is 0.702. The number of rotatable bonds is 5. The third kappa shape index (κ3) is 3.79. The largest absolute Gasteiger partial charge is 0.311 e. The van der Waals surface area contributed by atoms with Crippen molar-refractivity contribution in [2.75, 3.05) is 6.54 Å². The number of nitrogens with one attached hydrogen (secondary N) is 1. The first-order valence-corrected chi connectivity index (χ1v) is 6.41. The Morgan fingerprint density at radius 3 is 2.67 bits per heavy atom. The first kappa shape index (κ1) is 13.0. The molecule has 0 aliphatic heterocycles. The van der Waals surface area contributed by atoms with Crippen LogP contribution in [0.2, 0.25) is 5.02 Å². The molecule has 94 valence electrons. The van der Waals surface area contributed by atoms with E-state index in [0.29, 0.717) is 0 Å². The minimum atomic E-state index is 0.733. The summed E-state index contributed by atoms with van der Waals surface area (Å²) in [5, 5.41) is 4.01. The smallest absolute Gasteiger partial charge is 0.132 e. The molecule has 1 aromatic carbocycles. The van der Waals surface area contributed by atoms with E-state index in [-0.39, 0.29) is 0 Å². The number of benzene rings is 1. The van der Waals surface area contributed by atoms with Crippen LogP contribution in [0.1, 0.15) is 24.0 Å². The van der Waals surface area contributed by atoms with E-state index >= 15 is 0 Å². The fourth-order valence-corrected chi connectivity index (χ4v) is 1.79.